The lowest BCUT2D eigenvalue weighted by atomic mass is 10.1. The van der Waals surface area contributed by atoms with Crippen LogP contribution in [0.15, 0.2) is 42.5 Å². The van der Waals surface area contributed by atoms with E-state index in [1.165, 1.54) is 0 Å². The number of hydrogen-bond donors (Lipinski definition) is 4. The SMILES string of the molecule is CCC(N)O.Cl.O=C(O)Cc1ccccc1Nc1c(Cl)cccc1Cl. The summed E-state index contributed by atoms with van der Waals surface area (Å²) in [6.07, 6.45) is -0.0411. The van der Waals surface area contributed by atoms with Crippen molar-refractivity contribution in [3.05, 3.63) is 58.1 Å². The minimum Gasteiger partial charge on any atom is -0.481 e. The van der Waals surface area contributed by atoms with E-state index in [0.717, 1.165) is 0 Å². The first-order valence-electron chi connectivity index (χ1n) is 7.29. The summed E-state index contributed by atoms with van der Waals surface area (Å²) in [5.41, 5.74) is 6.77. The summed E-state index contributed by atoms with van der Waals surface area (Å²) in [6, 6.07) is 12.3. The van der Waals surface area contributed by atoms with Crippen molar-refractivity contribution in [2.24, 2.45) is 5.73 Å². The minimum atomic E-state index is -0.889. The summed E-state index contributed by atoms with van der Waals surface area (Å²) in [5, 5.41) is 21.1. The van der Waals surface area contributed by atoms with Crippen molar-refractivity contribution in [1.82, 2.24) is 0 Å². The molecule has 0 fully saturated rings. The molecule has 2 rings (SSSR count). The number of nitrogens with two attached hydrogens (primary N) is 1. The third-order valence-electron chi connectivity index (χ3n) is 3.00. The van der Waals surface area contributed by atoms with Crippen LogP contribution in [0.25, 0.3) is 0 Å². The van der Waals surface area contributed by atoms with Gasteiger partial charge in [0.25, 0.3) is 0 Å². The Kier molecular flexibility index (Phi) is 11.2. The Hall–Kier alpha value is -1.50. The molecule has 0 bridgehead atoms. The summed E-state index contributed by atoms with van der Waals surface area (Å²) in [6.45, 7) is 1.82. The molecular formula is C17H21Cl3N2O3. The van der Waals surface area contributed by atoms with Crippen molar-refractivity contribution in [3.8, 4) is 0 Å². The largest absolute Gasteiger partial charge is 0.481 e. The number of aliphatic carboxylic acids is 1. The topological polar surface area (TPSA) is 95.6 Å². The lowest BCUT2D eigenvalue weighted by Crippen LogP contribution is -2.16. The predicted molar refractivity (Wildman–Crippen MR) is 105 cm³/mol. The van der Waals surface area contributed by atoms with E-state index in [9.17, 15) is 4.79 Å². The van der Waals surface area contributed by atoms with Gasteiger partial charge in [-0.25, -0.2) is 0 Å². The Morgan fingerprint density at radius 1 is 1.16 bits per heavy atom. The average molecular weight is 408 g/mol. The maximum Gasteiger partial charge on any atom is 0.307 e. The van der Waals surface area contributed by atoms with Crippen LogP contribution in [0, 0.1) is 0 Å². The molecule has 0 radical (unpaired) electrons. The van der Waals surface area contributed by atoms with Crippen LogP contribution in [0.2, 0.25) is 10.0 Å². The number of halogens is 3. The van der Waals surface area contributed by atoms with Crippen LogP contribution in [0.3, 0.4) is 0 Å². The number of para-hydroxylation sites is 2. The molecule has 138 valence electrons. The number of hydrogen-bond acceptors (Lipinski definition) is 4. The number of nitrogens with one attached hydrogen (secondary N) is 1. The van der Waals surface area contributed by atoms with Gasteiger partial charge in [-0.1, -0.05) is 54.4 Å². The fourth-order valence-corrected chi connectivity index (χ4v) is 2.20. The number of benzene rings is 2. The number of anilines is 2. The zero-order chi connectivity index (χ0) is 18.1. The van der Waals surface area contributed by atoms with E-state index in [0.29, 0.717) is 33.4 Å². The zero-order valence-electron chi connectivity index (χ0n) is 13.6. The van der Waals surface area contributed by atoms with Gasteiger partial charge >= 0.3 is 5.97 Å². The number of carboxylic acid groups (broad SMARTS) is 1. The highest BCUT2D eigenvalue weighted by molar-refractivity contribution is 6.39. The fourth-order valence-electron chi connectivity index (χ4n) is 1.71. The second-order valence-electron chi connectivity index (χ2n) is 4.92. The molecule has 0 aliphatic carbocycles. The molecule has 0 heterocycles. The van der Waals surface area contributed by atoms with Crippen molar-refractivity contribution < 1.29 is 15.0 Å². The minimum absolute atomic E-state index is 0. The molecule has 1 atom stereocenters. The molecule has 0 spiro atoms. The Morgan fingerprint density at radius 2 is 1.68 bits per heavy atom. The van der Waals surface area contributed by atoms with Crippen molar-refractivity contribution in [2.75, 3.05) is 5.32 Å². The van der Waals surface area contributed by atoms with E-state index in [-0.39, 0.29) is 18.8 Å². The van der Waals surface area contributed by atoms with Crippen LogP contribution in [0.4, 0.5) is 11.4 Å². The molecular weight excluding hydrogens is 387 g/mol. The summed E-state index contributed by atoms with van der Waals surface area (Å²) >= 11 is 12.1. The monoisotopic (exact) mass is 406 g/mol. The van der Waals surface area contributed by atoms with Crippen LogP contribution in [-0.2, 0) is 11.2 Å². The summed E-state index contributed by atoms with van der Waals surface area (Å²) < 4.78 is 0. The van der Waals surface area contributed by atoms with E-state index >= 15 is 0 Å². The van der Waals surface area contributed by atoms with Crippen LogP contribution in [0.5, 0.6) is 0 Å². The summed E-state index contributed by atoms with van der Waals surface area (Å²) in [4.78, 5) is 10.8. The van der Waals surface area contributed by atoms with Crippen molar-refractivity contribution in [1.29, 1.82) is 0 Å². The predicted octanol–water partition coefficient (Wildman–Crippen LogP) is 4.46. The molecule has 0 aliphatic heterocycles. The van der Waals surface area contributed by atoms with Gasteiger partial charge in [0.05, 0.1) is 22.2 Å². The molecule has 0 saturated heterocycles. The smallest absolute Gasteiger partial charge is 0.307 e. The molecule has 25 heavy (non-hydrogen) atoms. The quantitative estimate of drug-likeness (QED) is 0.549. The van der Waals surface area contributed by atoms with Gasteiger partial charge < -0.3 is 21.3 Å². The van der Waals surface area contributed by atoms with Gasteiger partial charge in [-0.15, -0.1) is 12.4 Å². The molecule has 2 aromatic carbocycles. The summed E-state index contributed by atoms with van der Waals surface area (Å²) in [5.74, 6) is -0.889. The molecule has 8 heteroatoms. The van der Waals surface area contributed by atoms with Crippen molar-refractivity contribution in [2.45, 2.75) is 26.0 Å². The normalized spacial score (nSPS) is 10.8. The van der Waals surface area contributed by atoms with E-state index in [1.807, 2.05) is 13.0 Å². The first-order chi connectivity index (χ1) is 11.3. The molecule has 2 aromatic rings. The molecule has 0 saturated carbocycles. The fraction of sp³-hybridized carbons (Fsp3) is 0.235. The molecule has 5 nitrogen and oxygen atoms in total. The lowest BCUT2D eigenvalue weighted by Gasteiger charge is -2.13. The van der Waals surface area contributed by atoms with Crippen LogP contribution in [-0.4, -0.2) is 22.4 Å². The Bertz CT molecular complexity index is 662. The molecule has 0 aliphatic rings. The first-order valence-corrected chi connectivity index (χ1v) is 8.05. The van der Waals surface area contributed by atoms with E-state index < -0.39 is 12.2 Å². The number of carboxylic acids is 1. The number of rotatable bonds is 5. The van der Waals surface area contributed by atoms with Gasteiger partial charge in [-0.2, -0.15) is 0 Å². The van der Waals surface area contributed by atoms with Gasteiger partial charge in [-0.05, 0) is 30.2 Å². The lowest BCUT2D eigenvalue weighted by molar-refractivity contribution is -0.136. The Morgan fingerprint density at radius 3 is 2.16 bits per heavy atom. The standard InChI is InChI=1S/C14H11Cl2NO2.C3H9NO.ClH/c15-10-5-3-6-11(16)14(10)17-12-7-2-1-4-9(12)8-13(18)19;1-2-3(4)5;/h1-7,17H,8H2,(H,18,19);3,5H,2,4H2,1H3;1H. The molecule has 5 N–H and O–H groups in total. The van der Waals surface area contributed by atoms with Crippen molar-refractivity contribution in [3.63, 3.8) is 0 Å². The molecule has 1 unspecified atom stereocenters. The maximum atomic E-state index is 10.8. The molecule has 0 aromatic heterocycles. The van der Waals surface area contributed by atoms with Gasteiger partial charge in [0.1, 0.15) is 6.23 Å². The highest BCUT2D eigenvalue weighted by Gasteiger charge is 2.10. The van der Waals surface area contributed by atoms with Crippen LogP contribution >= 0.6 is 35.6 Å². The average Bonchev–Trinajstić information content (AvgIpc) is 2.52. The Balaban J connectivity index is 0.000000848. The van der Waals surface area contributed by atoms with Gasteiger partial charge in [0.15, 0.2) is 0 Å². The Labute approximate surface area is 163 Å². The highest BCUT2D eigenvalue weighted by atomic mass is 35.5. The van der Waals surface area contributed by atoms with Gasteiger partial charge in [-0.3, -0.25) is 4.79 Å². The zero-order valence-corrected chi connectivity index (χ0v) is 15.9. The third kappa shape index (κ3) is 8.43. The third-order valence-corrected chi connectivity index (χ3v) is 3.63. The number of aliphatic hydroxyl groups excluding tert-OH is 1. The second-order valence-corrected chi connectivity index (χ2v) is 5.74. The molecule has 0 amide bonds. The number of aliphatic hydroxyl groups is 1. The number of carbonyl (C=O) groups is 1. The van der Waals surface area contributed by atoms with Crippen LogP contribution < -0.4 is 11.1 Å². The van der Waals surface area contributed by atoms with E-state index in [4.69, 9.17) is 39.1 Å². The second kappa shape index (κ2) is 12.0. The first kappa shape index (κ1) is 23.5. The van der Waals surface area contributed by atoms with Gasteiger partial charge in [0, 0.05) is 5.69 Å². The van der Waals surface area contributed by atoms with Crippen molar-refractivity contribution >= 4 is 53.0 Å². The maximum absolute atomic E-state index is 10.8. The van der Waals surface area contributed by atoms with Gasteiger partial charge in [0.2, 0.25) is 0 Å². The van der Waals surface area contributed by atoms with E-state index in [2.05, 4.69) is 5.32 Å². The summed E-state index contributed by atoms with van der Waals surface area (Å²) in [7, 11) is 0. The van der Waals surface area contributed by atoms with E-state index in [1.54, 1.807) is 36.4 Å². The highest BCUT2D eigenvalue weighted by Crippen LogP contribution is 2.33. The van der Waals surface area contributed by atoms with Crippen LogP contribution in [0.1, 0.15) is 18.9 Å².